The van der Waals surface area contributed by atoms with Crippen LogP contribution >= 0.6 is 0 Å². The first-order valence-corrected chi connectivity index (χ1v) is 8.89. The van der Waals surface area contributed by atoms with Crippen molar-refractivity contribution in [3.8, 4) is 0 Å². The zero-order valence-electron chi connectivity index (χ0n) is 15.6. The zero-order chi connectivity index (χ0) is 19.6. The quantitative estimate of drug-likeness (QED) is 0.576. The molecule has 10 nitrogen and oxygen atoms in total. The molecule has 0 aliphatic rings. The molecule has 148 valence electrons. The first-order chi connectivity index (χ1) is 13.0. The molecule has 0 saturated carbocycles. The molecule has 10 heteroatoms. The number of hydrogen-bond acceptors (Lipinski definition) is 9. The zero-order valence-corrected chi connectivity index (χ0v) is 15.6. The normalized spacial score (nSPS) is 11.1. The molecule has 27 heavy (non-hydrogen) atoms. The van der Waals surface area contributed by atoms with Crippen molar-refractivity contribution in [3.05, 3.63) is 12.5 Å². The van der Waals surface area contributed by atoms with Gasteiger partial charge in [-0.15, -0.1) is 0 Å². The van der Waals surface area contributed by atoms with Gasteiger partial charge in [0, 0.05) is 12.8 Å². The van der Waals surface area contributed by atoms with E-state index < -0.39 is 6.10 Å². The Labute approximate surface area is 157 Å². The van der Waals surface area contributed by atoms with Gasteiger partial charge in [-0.3, -0.25) is 9.59 Å². The number of hydrogen-bond donors (Lipinski definition) is 1. The van der Waals surface area contributed by atoms with Gasteiger partial charge in [0.1, 0.15) is 31.6 Å². The Balaban J connectivity index is 1.96. The largest absolute Gasteiger partial charge is 0.463 e. The molecule has 0 amide bonds. The standard InChI is InChI=1S/C17H25N5O5/c1-3-5-14(23)25-8-12(9-26-15(24)6-4-2)27-11-22-10-20-16-13(22)7-19-17(18)21-16/h7,10,12H,3-6,8-9,11H2,1-2H3,(H2,18,19,21). The highest BCUT2D eigenvalue weighted by Gasteiger charge is 2.16. The molecule has 0 spiro atoms. The van der Waals surface area contributed by atoms with Gasteiger partial charge in [0.25, 0.3) is 0 Å². The van der Waals surface area contributed by atoms with Gasteiger partial charge in [-0.2, -0.15) is 4.98 Å². The molecule has 0 fully saturated rings. The number of esters is 2. The second-order valence-corrected chi connectivity index (χ2v) is 5.94. The molecule has 0 aliphatic carbocycles. The smallest absolute Gasteiger partial charge is 0.305 e. The fourth-order valence-electron chi connectivity index (χ4n) is 2.22. The van der Waals surface area contributed by atoms with Crippen molar-refractivity contribution in [3.63, 3.8) is 0 Å². The van der Waals surface area contributed by atoms with E-state index in [2.05, 4.69) is 15.0 Å². The van der Waals surface area contributed by atoms with Crippen LogP contribution in [-0.4, -0.2) is 50.8 Å². The summed E-state index contributed by atoms with van der Waals surface area (Å²) in [7, 11) is 0. The first kappa shape index (κ1) is 20.6. The Morgan fingerprint density at radius 1 is 1.11 bits per heavy atom. The molecule has 0 aromatic carbocycles. The van der Waals surface area contributed by atoms with E-state index in [1.165, 1.54) is 0 Å². The third kappa shape index (κ3) is 6.48. The van der Waals surface area contributed by atoms with Gasteiger partial charge >= 0.3 is 11.9 Å². The lowest BCUT2D eigenvalue weighted by molar-refractivity contribution is -0.157. The number of carbonyl (C=O) groups excluding carboxylic acids is 2. The first-order valence-electron chi connectivity index (χ1n) is 8.89. The minimum atomic E-state index is -0.598. The van der Waals surface area contributed by atoms with E-state index in [9.17, 15) is 9.59 Å². The number of aromatic nitrogens is 4. The SMILES string of the molecule is CCCC(=O)OCC(COC(=O)CCC)OCn1cnc2nc(N)ncc21. The highest BCUT2D eigenvalue weighted by molar-refractivity contribution is 5.70. The van der Waals surface area contributed by atoms with Gasteiger partial charge in [-0.1, -0.05) is 13.8 Å². The summed E-state index contributed by atoms with van der Waals surface area (Å²) in [6.07, 6.45) is 4.53. The summed E-state index contributed by atoms with van der Waals surface area (Å²) < 4.78 is 17.8. The van der Waals surface area contributed by atoms with Gasteiger partial charge in [0.15, 0.2) is 5.65 Å². The van der Waals surface area contributed by atoms with Crippen molar-refractivity contribution in [2.24, 2.45) is 0 Å². The van der Waals surface area contributed by atoms with Crippen molar-refractivity contribution in [1.29, 1.82) is 0 Å². The fourth-order valence-corrected chi connectivity index (χ4v) is 2.22. The summed E-state index contributed by atoms with van der Waals surface area (Å²) in [5.41, 5.74) is 6.64. The maximum Gasteiger partial charge on any atom is 0.305 e. The van der Waals surface area contributed by atoms with Crippen molar-refractivity contribution < 1.29 is 23.8 Å². The number of anilines is 1. The van der Waals surface area contributed by atoms with E-state index in [0.29, 0.717) is 36.8 Å². The molecule has 2 heterocycles. The second-order valence-electron chi connectivity index (χ2n) is 5.94. The monoisotopic (exact) mass is 379 g/mol. The lowest BCUT2D eigenvalue weighted by atomic mass is 10.3. The van der Waals surface area contributed by atoms with Crippen LogP contribution in [0.3, 0.4) is 0 Å². The maximum absolute atomic E-state index is 11.6. The van der Waals surface area contributed by atoms with Gasteiger partial charge in [-0.25, -0.2) is 9.97 Å². The number of imidazole rings is 1. The minimum Gasteiger partial charge on any atom is -0.463 e. The molecule has 0 bridgehead atoms. The summed E-state index contributed by atoms with van der Waals surface area (Å²) in [6, 6.07) is 0. The molecular formula is C17H25N5O5. The van der Waals surface area contributed by atoms with E-state index in [0.717, 1.165) is 0 Å². The van der Waals surface area contributed by atoms with Gasteiger partial charge in [0.05, 0.1) is 12.5 Å². The Kier molecular flexibility index (Phi) is 7.93. The Bertz CT molecular complexity index is 741. The third-order valence-corrected chi connectivity index (χ3v) is 3.62. The van der Waals surface area contributed by atoms with Crippen LogP contribution < -0.4 is 5.73 Å². The summed E-state index contributed by atoms with van der Waals surface area (Å²) in [5, 5.41) is 0. The number of nitrogens with zero attached hydrogens (tertiary/aromatic N) is 4. The number of nitrogens with two attached hydrogens (primary N) is 1. The number of nitrogen functional groups attached to an aromatic ring is 1. The highest BCUT2D eigenvalue weighted by Crippen LogP contribution is 2.11. The van der Waals surface area contributed by atoms with Crippen LogP contribution in [0.2, 0.25) is 0 Å². The van der Waals surface area contributed by atoms with E-state index in [-0.39, 0.29) is 37.8 Å². The van der Waals surface area contributed by atoms with Crippen LogP contribution in [-0.2, 0) is 30.5 Å². The van der Waals surface area contributed by atoms with Crippen molar-refractivity contribution >= 4 is 29.1 Å². The summed E-state index contributed by atoms with van der Waals surface area (Å²) in [4.78, 5) is 35.3. The number of fused-ring (bicyclic) bond motifs is 1. The van der Waals surface area contributed by atoms with Crippen molar-refractivity contribution in [2.75, 3.05) is 18.9 Å². The molecule has 2 aromatic heterocycles. The summed E-state index contributed by atoms with van der Waals surface area (Å²) in [5.74, 6) is -0.497. The van der Waals surface area contributed by atoms with Crippen LogP contribution in [0.25, 0.3) is 11.2 Å². The van der Waals surface area contributed by atoms with Crippen LogP contribution in [0.15, 0.2) is 12.5 Å². The lowest BCUT2D eigenvalue weighted by Gasteiger charge is -2.18. The van der Waals surface area contributed by atoms with Gasteiger partial charge in [0.2, 0.25) is 5.95 Å². The van der Waals surface area contributed by atoms with Gasteiger partial charge in [-0.05, 0) is 12.8 Å². The second kappa shape index (κ2) is 10.4. The molecular weight excluding hydrogens is 354 g/mol. The van der Waals surface area contributed by atoms with Crippen molar-refractivity contribution in [2.45, 2.75) is 52.4 Å². The number of ether oxygens (including phenoxy) is 3. The lowest BCUT2D eigenvalue weighted by Crippen LogP contribution is -2.29. The predicted molar refractivity (Wildman–Crippen MR) is 96.3 cm³/mol. The molecule has 0 atom stereocenters. The van der Waals surface area contributed by atoms with Crippen LogP contribution in [0.5, 0.6) is 0 Å². The minimum absolute atomic E-state index is 0.00564. The molecule has 0 aliphatic heterocycles. The molecule has 2 rings (SSSR count). The third-order valence-electron chi connectivity index (χ3n) is 3.62. The Morgan fingerprint density at radius 2 is 1.74 bits per heavy atom. The average Bonchev–Trinajstić information content (AvgIpc) is 3.03. The highest BCUT2D eigenvalue weighted by atomic mass is 16.6. The van der Waals surface area contributed by atoms with Crippen LogP contribution in [0, 0.1) is 0 Å². The maximum atomic E-state index is 11.6. The molecule has 0 saturated heterocycles. The van der Waals surface area contributed by atoms with Crippen molar-refractivity contribution in [1.82, 2.24) is 19.5 Å². The van der Waals surface area contributed by atoms with Crippen LogP contribution in [0.4, 0.5) is 5.95 Å². The molecule has 0 radical (unpaired) electrons. The summed E-state index contributed by atoms with van der Waals surface area (Å²) in [6.45, 7) is 3.87. The Hall–Kier alpha value is -2.75. The van der Waals surface area contributed by atoms with Crippen LogP contribution in [0.1, 0.15) is 39.5 Å². The number of rotatable bonds is 11. The molecule has 0 unspecified atom stereocenters. The predicted octanol–water partition coefficient (Wildman–Crippen LogP) is 1.44. The van der Waals surface area contributed by atoms with E-state index in [4.69, 9.17) is 19.9 Å². The van der Waals surface area contributed by atoms with E-state index in [1.807, 2.05) is 13.8 Å². The topological polar surface area (TPSA) is 131 Å². The fraction of sp³-hybridized carbons (Fsp3) is 0.588. The molecule has 2 N–H and O–H groups in total. The van der Waals surface area contributed by atoms with Gasteiger partial charge < -0.3 is 24.5 Å². The van der Waals surface area contributed by atoms with E-state index in [1.54, 1.807) is 17.1 Å². The van der Waals surface area contributed by atoms with E-state index >= 15 is 0 Å². The molecule has 2 aromatic rings. The number of carbonyl (C=O) groups is 2. The summed E-state index contributed by atoms with van der Waals surface area (Å²) >= 11 is 0. The Morgan fingerprint density at radius 3 is 2.33 bits per heavy atom. The average molecular weight is 379 g/mol.